The summed E-state index contributed by atoms with van der Waals surface area (Å²) in [7, 11) is 0. The van der Waals surface area contributed by atoms with E-state index in [4.69, 9.17) is 0 Å². The van der Waals surface area contributed by atoms with E-state index in [2.05, 4.69) is 46.8 Å². The Bertz CT molecular complexity index is 535. The molecule has 1 unspecified atom stereocenters. The Hall–Kier alpha value is -1.39. The summed E-state index contributed by atoms with van der Waals surface area (Å²) in [5.74, 6) is 0.572. The molecule has 2 N–H and O–H groups in total. The first-order valence-electron chi connectivity index (χ1n) is 6.28. The summed E-state index contributed by atoms with van der Waals surface area (Å²) in [6.45, 7) is 5.00. The zero-order chi connectivity index (χ0) is 12.4. The molecular weight excluding hydrogens is 242 g/mol. The maximum Gasteiger partial charge on any atom is 0.107 e. The minimum absolute atomic E-state index is 0.572. The van der Waals surface area contributed by atoms with E-state index in [-0.39, 0.29) is 0 Å². The molecule has 0 fully saturated rings. The van der Waals surface area contributed by atoms with Crippen LogP contribution in [0, 0.1) is 6.92 Å². The number of aryl methyl sites for hydroxylation is 1. The molecule has 0 aliphatic carbocycles. The molecule has 1 aliphatic rings. The van der Waals surface area contributed by atoms with Gasteiger partial charge in [0.1, 0.15) is 5.01 Å². The Kier molecular flexibility index (Phi) is 3.30. The molecular formula is C14H17N3S. The van der Waals surface area contributed by atoms with Crippen molar-refractivity contribution in [3.8, 4) is 0 Å². The van der Waals surface area contributed by atoms with E-state index >= 15 is 0 Å². The second kappa shape index (κ2) is 5.08. The van der Waals surface area contributed by atoms with Crippen molar-refractivity contribution in [3.63, 3.8) is 0 Å². The summed E-state index contributed by atoms with van der Waals surface area (Å²) >= 11 is 1.77. The summed E-state index contributed by atoms with van der Waals surface area (Å²) in [5.41, 5.74) is 2.72. The van der Waals surface area contributed by atoms with Crippen LogP contribution in [0.1, 0.15) is 21.4 Å². The van der Waals surface area contributed by atoms with Gasteiger partial charge in [-0.2, -0.15) is 0 Å². The second-order valence-electron chi connectivity index (χ2n) is 4.66. The third-order valence-corrected chi connectivity index (χ3v) is 4.19. The van der Waals surface area contributed by atoms with Crippen molar-refractivity contribution >= 4 is 17.0 Å². The van der Waals surface area contributed by atoms with Crippen LogP contribution in [0.4, 0.5) is 5.69 Å². The van der Waals surface area contributed by atoms with Crippen LogP contribution in [0.2, 0.25) is 0 Å². The van der Waals surface area contributed by atoms with Crippen molar-refractivity contribution in [3.05, 3.63) is 45.9 Å². The van der Waals surface area contributed by atoms with Crippen molar-refractivity contribution in [2.75, 3.05) is 18.4 Å². The largest absolute Gasteiger partial charge is 0.384 e. The lowest BCUT2D eigenvalue weighted by atomic mass is 10.0. The Balaban J connectivity index is 1.56. The monoisotopic (exact) mass is 259 g/mol. The Labute approximate surface area is 111 Å². The van der Waals surface area contributed by atoms with Crippen molar-refractivity contribution < 1.29 is 0 Å². The van der Waals surface area contributed by atoms with Crippen LogP contribution in [0.15, 0.2) is 30.5 Å². The highest BCUT2D eigenvalue weighted by Crippen LogP contribution is 2.30. The van der Waals surface area contributed by atoms with Gasteiger partial charge < -0.3 is 10.6 Å². The summed E-state index contributed by atoms with van der Waals surface area (Å²) in [4.78, 5) is 5.64. The van der Waals surface area contributed by atoms with Crippen LogP contribution in [-0.2, 0) is 6.54 Å². The van der Waals surface area contributed by atoms with Gasteiger partial charge >= 0.3 is 0 Å². The average molecular weight is 259 g/mol. The number of nitrogens with one attached hydrogen (secondary N) is 2. The van der Waals surface area contributed by atoms with Crippen molar-refractivity contribution in [1.29, 1.82) is 0 Å². The lowest BCUT2D eigenvalue weighted by Gasteiger charge is -2.10. The molecule has 0 bridgehead atoms. The molecule has 1 atom stereocenters. The molecule has 1 aromatic heterocycles. The lowest BCUT2D eigenvalue weighted by Crippen LogP contribution is -2.22. The van der Waals surface area contributed by atoms with Gasteiger partial charge in [-0.25, -0.2) is 4.98 Å². The lowest BCUT2D eigenvalue weighted by molar-refractivity contribution is 0.612. The van der Waals surface area contributed by atoms with Gasteiger partial charge in [0.2, 0.25) is 0 Å². The van der Waals surface area contributed by atoms with Gasteiger partial charge in [0, 0.05) is 42.3 Å². The highest BCUT2D eigenvalue weighted by Gasteiger charge is 2.20. The predicted octanol–water partition coefficient (Wildman–Crippen LogP) is 2.75. The van der Waals surface area contributed by atoms with Crippen molar-refractivity contribution in [2.24, 2.45) is 0 Å². The number of fused-ring (bicyclic) bond motifs is 1. The molecule has 2 heterocycles. The topological polar surface area (TPSA) is 37.0 Å². The average Bonchev–Trinajstić information content (AvgIpc) is 2.97. The number of hydrogen-bond acceptors (Lipinski definition) is 4. The fourth-order valence-corrected chi connectivity index (χ4v) is 3.13. The number of hydrogen-bond donors (Lipinski definition) is 2. The maximum absolute atomic E-state index is 4.36. The number of rotatable bonds is 4. The van der Waals surface area contributed by atoms with Gasteiger partial charge in [-0.15, -0.1) is 11.3 Å². The Morgan fingerprint density at radius 2 is 2.33 bits per heavy atom. The number of thiazole rings is 1. The quantitative estimate of drug-likeness (QED) is 0.886. The van der Waals surface area contributed by atoms with E-state index in [0.717, 1.165) is 19.6 Å². The van der Waals surface area contributed by atoms with E-state index in [1.807, 2.05) is 6.20 Å². The van der Waals surface area contributed by atoms with Crippen LogP contribution in [0.25, 0.3) is 0 Å². The summed E-state index contributed by atoms with van der Waals surface area (Å²) in [6, 6.07) is 8.57. The van der Waals surface area contributed by atoms with Crippen LogP contribution >= 0.6 is 11.3 Å². The van der Waals surface area contributed by atoms with Gasteiger partial charge in [0.25, 0.3) is 0 Å². The Morgan fingerprint density at radius 3 is 3.17 bits per heavy atom. The molecule has 4 heteroatoms. The first-order valence-corrected chi connectivity index (χ1v) is 7.09. The molecule has 18 heavy (non-hydrogen) atoms. The molecule has 0 spiro atoms. The smallest absolute Gasteiger partial charge is 0.107 e. The van der Waals surface area contributed by atoms with Gasteiger partial charge in [0.05, 0.1) is 0 Å². The third-order valence-electron chi connectivity index (χ3n) is 3.28. The van der Waals surface area contributed by atoms with E-state index in [9.17, 15) is 0 Å². The van der Waals surface area contributed by atoms with Gasteiger partial charge in [0.15, 0.2) is 0 Å². The number of nitrogens with zero attached hydrogens (tertiary/aromatic N) is 1. The van der Waals surface area contributed by atoms with Crippen molar-refractivity contribution in [2.45, 2.75) is 19.4 Å². The minimum atomic E-state index is 0.572. The van der Waals surface area contributed by atoms with Crippen LogP contribution in [0.3, 0.4) is 0 Å². The highest BCUT2D eigenvalue weighted by atomic mass is 32.1. The van der Waals surface area contributed by atoms with E-state index in [1.54, 1.807) is 11.3 Å². The van der Waals surface area contributed by atoms with Gasteiger partial charge in [-0.05, 0) is 18.6 Å². The normalized spacial score (nSPS) is 17.5. The van der Waals surface area contributed by atoms with Gasteiger partial charge in [-0.3, -0.25) is 0 Å². The van der Waals surface area contributed by atoms with E-state index < -0.39 is 0 Å². The molecule has 1 aliphatic heterocycles. The molecule has 1 aromatic carbocycles. The zero-order valence-electron chi connectivity index (χ0n) is 10.4. The first-order chi connectivity index (χ1) is 8.83. The molecule has 3 nitrogen and oxygen atoms in total. The summed E-state index contributed by atoms with van der Waals surface area (Å²) < 4.78 is 0. The molecule has 94 valence electrons. The summed E-state index contributed by atoms with van der Waals surface area (Å²) in [5, 5.41) is 8.13. The predicted molar refractivity (Wildman–Crippen MR) is 76.2 cm³/mol. The number of para-hydroxylation sites is 1. The molecule has 0 saturated heterocycles. The van der Waals surface area contributed by atoms with E-state index in [1.165, 1.54) is 21.1 Å². The van der Waals surface area contributed by atoms with Crippen LogP contribution < -0.4 is 10.6 Å². The van der Waals surface area contributed by atoms with Crippen LogP contribution in [-0.4, -0.2) is 18.1 Å². The molecule has 0 saturated carbocycles. The SMILES string of the molecule is Cc1cnc(CNCC2CNc3ccccc32)s1. The Morgan fingerprint density at radius 1 is 1.44 bits per heavy atom. The van der Waals surface area contributed by atoms with Gasteiger partial charge in [-0.1, -0.05) is 18.2 Å². The number of aromatic nitrogens is 1. The molecule has 2 aromatic rings. The highest BCUT2D eigenvalue weighted by molar-refractivity contribution is 7.11. The fourth-order valence-electron chi connectivity index (χ4n) is 2.38. The van der Waals surface area contributed by atoms with Crippen LogP contribution in [0.5, 0.6) is 0 Å². The second-order valence-corrected chi connectivity index (χ2v) is 5.98. The fraction of sp³-hybridized carbons (Fsp3) is 0.357. The zero-order valence-corrected chi connectivity index (χ0v) is 11.3. The van der Waals surface area contributed by atoms with Crippen molar-refractivity contribution in [1.82, 2.24) is 10.3 Å². The third kappa shape index (κ3) is 2.40. The standard InChI is InChI=1S/C14H17N3S/c1-10-6-17-14(18-10)9-15-7-11-8-16-13-5-3-2-4-12(11)13/h2-6,11,15-16H,7-9H2,1H3. The number of benzene rings is 1. The number of anilines is 1. The molecule has 3 rings (SSSR count). The maximum atomic E-state index is 4.36. The minimum Gasteiger partial charge on any atom is -0.384 e. The molecule has 0 radical (unpaired) electrons. The molecule has 0 amide bonds. The summed E-state index contributed by atoms with van der Waals surface area (Å²) in [6.07, 6.45) is 1.94. The van der Waals surface area contributed by atoms with E-state index in [0.29, 0.717) is 5.92 Å². The first kappa shape index (κ1) is 11.7.